The Morgan fingerprint density at radius 3 is 2.59 bits per heavy atom. The summed E-state index contributed by atoms with van der Waals surface area (Å²) in [5, 5.41) is 1.58. The molecule has 0 aliphatic carbocycles. The van der Waals surface area contributed by atoms with E-state index >= 15 is 0 Å². The number of aliphatic imine (C=N–C) groups is 1. The van der Waals surface area contributed by atoms with Gasteiger partial charge in [0.1, 0.15) is 17.6 Å². The summed E-state index contributed by atoms with van der Waals surface area (Å²) in [6.07, 6.45) is -0.483. The smallest absolute Gasteiger partial charge is 0.435 e. The summed E-state index contributed by atoms with van der Waals surface area (Å²) in [5.74, 6) is 0.241. The van der Waals surface area contributed by atoms with Crippen LogP contribution in [-0.4, -0.2) is 68.8 Å². The summed E-state index contributed by atoms with van der Waals surface area (Å²) >= 11 is 0. The molecule has 39 heavy (non-hydrogen) atoms. The minimum atomic E-state index is -3.96. The molecule has 1 aliphatic rings. The van der Waals surface area contributed by atoms with Crippen LogP contribution in [0.25, 0.3) is 10.8 Å². The number of anilines is 1. The zero-order valence-electron chi connectivity index (χ0n) is 22.0. The number of nitrogens with two attached hydrogens (primary N) is 2. The topological polar surface area (TPSA) is 158 Å². The van der Waals surface area contributed by atoms with Crippen LogP contribution < -0.4 is 16.2 Å². The van der Waals surface area contributed by atoms with Gasteiger partial charge in [0.25, 0.3) is 0 Å². The number of fused-ring (bicyclic) bond motifs is 1. The highest BCUT2D eigenvalue weighted by molar-refractivity contribution is 7.89. The largest absolute Gasteiger partial charge is 0.497 e. The maximum atomic E-state index is 13.5. The number of hydrogen-bond donors (Lipinski definition) is 2. The first-order valence-electron chi connectivity index (χ1n) is 12.3. The molecule has 0 aromatic heterocycles. The van der Waals surface area contributed by atoms with Gasteiger partial charge in [0, 0.05) is 31.4 Å². The number of amides is 2. The van der Waals surface area contributed by atoms with E-state index < -0.39 is 22.2 Å². The van der Waals surface area contributed by atoms with Gasteiger partial charge in [-0.05, 0) is 72.1 Å². The Bertz CT molecular complexity index is 1560. The number of ether oxygens (including phenoxy) is 2. The molecule has 2 amide bonds. The van der Waals surface area contributed by atoms with Crippen molar-refractivity contribution in [2.75, 3.05) is 33.0 Å². The van der Waals surface area contributed by atoms with E-state index in [0.717, 1.165) is 9.69 Å². The van der Waals surface area contributed by atoms with E-state index in [2.05, 4.69) is 4.99 Å². The fourth-order valence-electron chi connectivity index (χ4n) is 4.47. The van der Waals surface area contributed by atoms with Gasteiger partial charge in [-0.2, -0.15) is 9.30 Å². The number of methoxy groups -OCH3 is 1. The Labute approximate surface area is 227 Å². The molecule has 1 fully saturated rings. The second-order valence-electron chi connectivity index (χ2n) is 9.07. The van der Waals surface area contributed by atoms with E-state index in [9.17, 15) is 18.0 Å². The number of nitrogens with zero attached hydrogens (tertiary/aromatic N) is 3. The third kappa shape index (κ3) is 5.81. The Kier molecular flexibility index (Phi) is 8.07. The monoisotopic (exact) mass is 553 g/mol. The first kappa shape index (κ1) is 27.9. The van der Waals surface area contributed by atoms with Crippen LogP contribution in [0.4, 0.5) is 10.5 Å². The third-order valence-electron chi connectivity index (χ3n) is 6.68. The minimum absolute atomic E-state index is 0.0424. The molecule has 4 rings (SSSR count). The van der Waals surface area contributed by atoms with Gasteiger partial charge in [-0.1, -0.05) is 12.1 Å². The predicted molar refractivity (Wildman–Crippen MR) is 148 cm³/mol. The van der Waals surface area contributed by atoms with Gasteiger partial charge in [0.05, 0.1) is 18.6 Å². The van der Waals surface area contributed by atoms with Crippen LogP contribution in [0.3, 0.4) is 0 Å². The molecule has 1 aliphatic heterocycles. The molecule has 0 radical (unpaired) electrons. The van der Waals surface area contributed by atoms with Crippen molar-refractivity contribution in [3.05, 3.63) is 65.7 Å². The number of hydrogen-bond acceptors (Lipinski definition) is 7. The van der Waals surface area contributed by atoms with Crippen LogP contribution in [0, 0.1) is 0 Å². The van der Waals surface area contributed by atoms with Crippen LogP contribution in [0.15, 0.2) is 64.5 Å². The van der Waals surface area contributed by atoms with Gasteiger partial charge < -0.3 is 25.8 Å². The van der Waals surface area contributed by atoms with Crippen molar-refractivity contribution in [2.45, 2.75) is 30.8 Å². The van der Waals surface area contributed by atoms with Gasteiger partial charge in [-0.3, -0.25) is 4.79 Å². The molecule has 1 unspecified atom stereocenters. The van der Waals surface area contributed by atoms with Crippen molar-refractivity contribution < 1.29 is 27.5 Å². The Hall–Kier alpha value is -4.16. The molecule has 1 saturated heterocycles. The van der Waals surface area contributed by atoms with Crippen molar-refractivity contribution in [2.24, 2.45) is 10.7 Å². The number of likely N-dealkylation sites (tertiary alicyclic amines) is 1. The molecule has 1 atom stereocenters. The Morgan fingerprint density at radius 2 is 1.87 bits per heavy atom. The molecule has 0 spiro atoms. The first-order valence-corrected chi connectivity index (χ1v) is 13.7. The number of nitrogen functional groups attached to an aromatic ring is 1. The number of carbonyl (C=O) groups excluding carboxylic acids is 2. The molecule has 11 nitrogen and oxygen atoms in total. The molecule has 1 heterocycles. The van der Waals surface area contributed by atoms with E-state index in [0.29, 0.717) is 40.9 Å². The van der Waals surface area contributed by atoms with Crippen molar-refractivity contribution in [3.8, 4) is 5.75 Å². The number of amidine groups is 1. The number of rotatable bonds is 8. The minimum Gasteiger partial charge on any atom is -0.497 e. The molecular weight excluding hydrogens is 522 g/mol. The summed E-state index contributed by atoms with van der Waals surface area (Å²) in [6.45, 7) is 2.31. The standard InChI is InChI=1S/C27H31N5O6S/c1-4-38-27(34)30-25(29)18-7-10-23(28)20(13-18)16-32-12-11-24(26(32)33)31(2)39(35,36)22-9-6-17-5-8-21(37-3)14-19(17)15-22/h5-10,13-15,24H,4,11-12,16,28H2,1-3H3,(H2,29,30,34). The summed E-state index contributed by atoms with van der Waals surface area (Å²) in [5.41, 5.74) is 13.6. The number of likely N-dealkylation sites (N-methyl/N-ethyl adjacent to an activating group) is 1. The van der Waals surface area contributed by atoms with Crippen molar-refractivity contribution in [1.29, 1.82) is 0 Å². The summed E-state index contributed by atoms with van der Waals surface area (Å²) in [6, 6.07) is 14.3. The van der Waals surface area contributed by atoms with E-state index in [1.807, 2.05) is 6.07 Å². The lowest BCUT2D eigenvalue weighted by Gasteiger charge is -2.24. The van der Waals surface area contributed by atoms with Gasteiger partial charge >= 0.3 is 6.09 Å². The summed E-state index contributed by atoms with van der Waals surface area (Å²) < 4.78 is 38.1. The highest BCUT2D eigenvalue weighted by atomic mass is 32.2. The lowest BCUT2D eigenvalue weighted by molar-refractivity contribution is -0.131. The van der Waals surface area contributed by atoms with Crippen LogP contribution in [0.2, 0.25) is 0 Å². The first-order chi connectivity index (χ1) is 18.5. The van der Waals surface area contributed by atoms with Crippen LogP contribution in [0.1, 0.15) is 24.5 Å². The van der Waals surface area contributed by atoms with E-state index in [1.165, 1.54) is 13.1 Å². The van der Waals surface area contributed by atoms with Crippen molar-refractivity contribution >= 4 is 44.3 Å². The molecule has 0 saturated carbocycles. The van der Waals surface area contributed by atoms with Gasteiger partial charge in [-0.25, -0.2) is 13.2 Å². The predicted octanol–water partition coefficient (Wildman–Crippen LogP) is 2.71. The summed E-state index contributed by atoms with van der Waals surface area (Å²) in [4.78, 5) is 30.3. The zero-order chi connectivity index (χ0) is 28.3. The quantitative estimate of drug-likeness (QED) is 0.245. The highest BCUT2D eigenvalue weighted by Crippen LogP contribution is 2.29. The summed E-state index contributed by atoms with van der Waals surface area (Å²) in [7, 11) is -1.00. The maximum absolute atomic E-state index is 13.5. The number of benzene rings is 3. The van der Waals surface area contributed by atoms with Crippen LogP contribution in [-0.2, 0) is 26.1 Å². The normalized spacial score (nSPS) is 16.2. The molecule has 0 bridgehead atoms. The molecular formula is C27H31N5O6S. The van der Waals surface area contributed by atoms with Crippen molar-refractivity contribution in [3.63, 3.8) is 0 Å². The lowest BCUT2D eigenvalue weighted by Crippen LogP contribution is -2.42. The maximum Gasteiger partial charge on any atom is 0.435 e. The fourth-order valence-corrected chi connectivity index (χ4v) is 5.85. The van der Waals surface area contributed by atoms with Gasteiger partial charge in [-0.15, -0.1) is 0 Å². The highest BCUT2D eigenvalue weighted by Gasteiger charge is 2.40. The third-order valence-corrected chi connectivity index (χ3v) is 8.55. The Morgan fingerprint density at radius 1 is 1.13 bits per heavy atom. The Balaban J connectivity index is 1.52. The van der Waals surface area contributed by atoms with E-state index in [4.69, 9.17) is 20.9 Å². The van der Waals surface area contributed by atoms with Gasteiger partial charge in [0.15, 0.2) is 0 Å². The number of sulfonamides is 1. The second kappa shape index (κ2) is 11.3. The molecule has 3 aromatic rings. The van der Waals surface area contributed by atoms with Gasteiger partial charge in [0.2, 0.25) is 15.9 Å². The SMILES string of the molecule is CCOC(=O)N=C(N)c1ccc(N)c(CN2CCC(N(C)S(=O)(=O)c3ccc4ccc(OC)cc4c3)C2=O)c1. The van der Waals surface area contributed by atoms with Crippen molar-refractivity contribution in [1.82, 2.24) is 9.21 Å². The number of carbonyl (C=O) groups is 2. The second-order valence-corrected chi connectivity index (χ2v) is 11.1. The molecule has 3 aromatic carbocycles. The zero-order valence-corrected chi connectivity index (χ0v) is 22.8. The molecule has 12 heteroatoms. The average Bonchev–Trinajstić information content (AvgIpc) is 3.28. The fraction of sp³-hybridized carbons (Fsp3) is 0.296. The van der Waals surface area contributed by atoms with E-state index in [-0.39, 0.29) is 29.8 Å². The average molecular weight is 554 g/mol. The molecule has 4 N–H and O–H groups in total. The molecule has 206 valence electrons. The van der Waals surface area contributed by atoms with Crippen LogP contribution in [0.5, 0.6) is 5.75 Å². The van der Waals surface area contributed by atoms with Crippen LogP contribution >= 0.6 is 0 Å². The lowest BCUT2D eigenvalue weighted by atomic mass is 10.1. The van der Waals surface area contributed by atoms with E-state index in [1.54, 1.807) is 61.4 Å².